The van der Waals surface area contributed by atoms with Crippen LogP contribution in [-0.2, 0) is 11.3 Å². The van der Waals surface area contributed by atoms with Crippen LogP contribution < -0.4 is 11.1 Å². The van der Waals surface area contributed by atoms with Crippen molar-refractivity contribution < 1.29 is 4.79 Å². The average Bonchev–Trinajstić information content (AvgIpc) is 2.27. The zero-order chi connectivity index (χ0) is 13.5. The number of carbonyl (C=O) groups is 1. The summed E-state index contributed by atoms with van der Waals surface area (Å²) in [4.78, 5) is 11.9. The van der Waals surface area contributed by atoms with E-state index in [9.17, 15) is 4.79 Å². The number of rotatable bonds is 7. The third kappa shape index (κ3) is 5.89. The van der Waals surface area contributed by atoms with Gasteiger partial charge in [-0.15, -0.1) is 11.8 Å². The van der Waals surface area contributed by atoms with Gasteiger partial charge in [0.2, 0.25) is 5.91 Å². The maximum absolute atomic E-state index is 10.8. The van der Waals surface area contributed by atoms with Crippen LogP contribution in [0.5, 0.6) is 0 Å². The van der Waals surface area contributed by atoms with E-state index >= 15 is 0 Å². The van der Waals surface area contributed by atoms with Crippen LogP contribution >= 0.6 is 27.7 Å². The normalized spacial score (nSPS) is 10.9. The molecule has 1 aromatic rings. The SMILES string of the molecule is CC(C)CNCc1cc(Br)ccc1SCC(N)=O. The van der Waals surface area contributed by atoms with E-state index in [0.717, 1.165) is 22.5 Å². The molecular formula is C13H19BrN2OS. The molecule has 0 saturated carbocycles. The van der Waals surface area contributed by atoms with E-state index < -0.39 is 0 Å². The van der Waals surface area contributed by atoms with Crippen LogP contribution in [0.4, 0.5) is 0 Å². The topological polar surface area (TPSA) is 55.1 Å². The highest BCUT2D eigenvalue weighted by Crippen LogP contribution is 2.25. The fourth-order valence-electron chi connectivity index (χ4n) is 1.47. The van der Waals surface area contributed by atoms with E-state index in [2.05, 4.69) is 41.2 Å². The maximum atomic E-state index is 10.8. The first kappa shape index (κ1) is 15.5. The number of halogens is 1. The Morgan fingerprint density at radius 3 is 2.83 bits per heavy atom. The molecule has 0 radical (unpaired) electrons. The lowest BCUT2D eigenvalue weighted by atomic mass is 10.2. The van der Waals surface area contributed by atoms with Crippen LogP contribution in [0.25, 0.3) is 0 Å². The van der Waals surface area contributed by atoms with Crippen molar-refractivity contribution in [3.8, 4) is 0 Å². The summed E-state index contributed by atoms with van der Waals surface area (Å²) < 4.78 is 1.05. The minimum absolute atomic E-state index is 0.288. The first-order chi connectivity index (χ1) is 8.49. The van der Waals surface area contributed by atoms with Crippen LogP contribution in [-0.4, -0.2) is 18.2 Å². The van der Waals surface area contributed by atoms with Crippen molar-refractivity contribution in [2.24, 2.45) is 11.7 Å². The molecule has 0 saturated heterocycles. The molecule has 0 bridgehead atoms. The Morgan fingerprint density at radius 1 is 1.50 bits per heavy atom. The predicted octanol–water partition coefficient (Wildman–Crippen LogP) is 2.77. The zero-order valence-corrected chi connectivity index (χ0v) is 13.1. The minimum Gasteiger partial charge on any atom is -0.369 e. The van der Waals surface area contributed by atoms with Gasteiger partial charge in [0.05, 0.1) is 5.75 Å². The van der Waals surface area contributed by atoms with Gasteiger partial charge >= 0.3 is 0 Å². The molecule has 0 heterocycles. The van der Waals surface area contributed by atoms with Crippen molar-refractivity contribution >= 4 is 33.6 Å². The second-order valence-corrected chi connectivity index (χ2v) is 6.46. The van der Waals surface area contributed by atoms with Gasteiger partial charge in [0.25, 0.3) is 0 Å². The minimum atomic E-state index is -0.288. The van der Waals surface area contributed by atoms with Crippen molar-refractivity contribution in [3.05, 3.63) is 28.2 Å². The smallest absolute Gasteiger partial charge is 0.227 e. The monoisotopic (exact) mass is 330 g/mol. The molecule has 0 atom stereocenters. The standard InChI is InChI=1S/C13H19BrN2OS/c1-9(2)6-16-7-10-5-11(14)3-4-12(10)18-8-13(15)17/h3-5,9,16H,6-8H2,1-2H3,(H2,15,17). The van der Waals surface area contributed by atoms with Crippen molar-refractivity contribution in [3.63, 3.8) is 0 Å². The molecule has 0 aliphatic rings. The first-order valence-electron chi connectivity index (χ1n) is 5.89. The summed E-state index contributed by atoms with van der Waals surface area (Å²) in [6.07, 6.45) is 0. The third-order valence-electron chi connectivity index (χ3n) is 2.26. The molecular weight excluding hydrogens is 312 g/mol. The summed E-state index contributed by atoms with van der Waals surface area (Å²) in [5.41, 5.74) is 6.37. The molecule has 18 heavy (non-hydrogen) atoms. The van der Waals surface area contributed by atoms with Gasteiger partial charge in [-0.2, -0.15) is 0 Å². The number of nitrogens with one attached hydrogen (secondary N) is 1. The largest absolute Gasteiger partial charge is 0.369 e. The maximum Gasteiger partial charge on any atom is 0.227 e. The van der Waals surface area contributed by atoms with Crippen LogP contribution in [0.2, 0.25) is 0 Å². The van der Waals surface area contributed by atoms with Gasteiger partial charge < -0.3 is 11.1 Å². The Hall–Kier alpha value is -0.520. The molecule has 0 spiro atoms. The Labute approximate surface area is 121 Å². The second kappa shape index (κ2) is 7.81. The molecule has 1 amide bonds. The lowest BCUT2D eigenvalue weighted by molar-refractivity contribution is -0.115. The molecule has 3 N–H and O–H groups in total. The Morgan fingerprint density at radius 2 is 2.22 bits per heavy atom. The lowest BCUT2D eigenvalue weighted by Gasteiger charge is -2.11. The van der Waals surface area contributed by atoms with E-state index in [-0.39, 0.29) is 5.91 Å². The van der Waals surface area contributed by atoms with E-state index in [4.69, 9.17) is 5.73 Å². The summed E-state index contributed by atoms with van der Waals surface area (Å²) in [5.74, 6) is 0.654. The zero-order valence-electron chi connectivity index (χ0n) is 10.7. The van der Waals surface area contributed by atoms with E-state index in [1.165, 1.54) is 17.3 Å². The van der Waals surface area contributed by atoms with Gasteiger partial charge in [-0.3, -0.25) is 4.79 Å². The number of amides is 1. The molecule has 1 aromatic carbocycles. The third-order valence-corrected chi connectivity index (χ3v) is 3.89. The average molecular weight is 331 g/mol. The molecule has 5 heteroatoms. The fraction of sp³-hybridized carbons (Fsp3) is 0.462. The number of hydrogen-bond acceptors (Lipinski definition) is 3. The number of primary amides is 1. The van der Waals surface area contributed by atoms with E-state index in [1.54, 1.807) is 0 Å². The summed E-state index contributed by atoms with van der Waals surface area (Å²) in [6, 6.07) is 6.08. The molecule has 0 aliphatic carbocycles. The molecule has 100 valence electrons. The quantitative estimate of drug-likeness (QED) is 0.756. The number of hydrogen-bond donors (Lipinski definition) is 2. The van der Waals surface area contributed by atoms with Crippen molar-refractivity contribution in [2.75, 3.05) is 12.3 Å². The summed E-state index contributed by atoms with van der Waals surface area (Å²) in [7, 11) is 0. The summed E-state index contributed by atoms with van der Waals surface area (Å²) in [5, 5.41) is 3.41. The first-order valence-corrected chi connectivity index (χ1v) is 7.67. The summed E-state index contributed by atoms with van der Waals surface area (Å²) >= 11 is 4.96. The van der Waals surface area contributed by atoms with Crippen molar-refractivity contribution in [1.29, 1.82) is 0 Å². The van der Waals surface area contributed by atoms with Crippen molar-refractivity contribution in [1.82, 2.24) is 5.32 Å². The predicted molar refractivity (Wildman–Crippen MR) is 80.6 cm³/mol. The number of thioether (sulfide) groups is 1. The Balaban J connectivity index is 2.67. The van der Waals surface area contributed by atoms with Crippen LogP contribution in [0.3, 0.4) is 0 Å². The van der Waals surface area contributed by atoms with Crippen LogP contribution in [0.15, 0.2) is 27.6 Å². The van der Waals surface area contributed by atoms with Crippen LogP contribution in [0.1, 0.15) is 19.4 Å². The van der Waals surface area contributed by atoms with Gasteiger partial charge in [-0.25, -0.2) is 0 Å². The molecule has 0 aliphatic heterocycles. The van der Waals surface area contributed by atoms with Gasteiger partial charge in [-0.05, 0) is 36.2 Å². The van der Waals surface area contributed by atoms with E-state index in [0.29, 0.717) is 11.7 Å². The number of nitrogens with two attached hydrogens (primary N) is 1. The highest BCUT2D eigenvalue weighted by Gasteiger charge is 2.06. The van der Waals surface area contributed by atoms with E-state index in [1.807, 2.05) is 12.1 Å². The van der Waals surface area contributed by atoms with Crippen LogP contribution in [0, 0.1) is 5.92 Å². The van der Waals surface area contributed by atoms with Crippen molar-refractivity contribution in [2.45, 2.75) is 25.3 Å². The highest BCUT2D eigenvalue weighted by atomic mass is 79.9. The second-order valence-electron chi connectivity index (χ2n) is 4.53. The molecule has 0 fully saturated rings. The summed E-state index contributed by atoms with van der Waals surface area (Å²) in [6.45, 7) is 6.14. The number of benzene rings is 1. The molecule has 1 rings (SSSR count). The lowest BCUT2D eigenvalue weighted by Crippen LogP contribution is -2.19. The Kier molecular flexibility index (Phi) is 6.75. The Bertz CT molecular complexity index is 410. The highest BCUT2D eigenvalue weighted by molar-refractivity contribution is 9.10. The number of carbonyl (C=O) groups excluding carboxylic acids is 1. The molecule has 3 nitrogen and oxygen atoms in total. The van der Waals surface area contributed by atoms with Gasteiger partial charge in [0, 0.05) is 15.9 Å². The van der Waals surface area contributed by atoms with Gasteiger partial charge in [0.15, 0.2) is 0 Å². The molecule has 0 unspecified atom stereocenters. The van der Waals surface area contributed by atoms with Gasteiger partial charge in [0.1, 0.15) is 0 Å². The van der Waals surface area contributed by atoms with Gasteiger partial charge in [-0.1, -0.05) is 29.8 Å². The fourth-order valence-corrected chi connectivity index (χ4v) is 2.66. The molecule has 0 aromatic heterocycles.